The first-order valence-electron chi connectivity index (χ1n) is 9.32. The van der Waals surface area contributed by atoms with E-state index in [9.17, 15) is 4.79 Å². The van der Waals surface area contributed by atoms with Crippen LogP contribution in [0.25, 0.3) is 15.3 Å². The van der Waals surface area contributed by atoms with Gasteiger partial charge in [0.15, 0.2) is 18.1 Å². The lowest BCUT2D eigenvalue weighted by Gasteiger charge is -2.08. The maximum absolute atomic E-state index is 12.4. The van der Waals surface area contributed by atoms with Crippen LogP contribution in [-0.4, -0.2) is 34.1 Å². The van der Waals surface area contributed by atoms with Crippen LogP contribution in [-0.2, 0) is 4.79 Å². The van der Waals surface area contributed by atoms with Crippen LogP contribution in [0.4, 0.5) is 5.82 Å². The molecule has 0 aliphatic carbocycles. The molecule has 0 bridgehead atoms. The third-order valence-electron chi connectivity index (χ3n) is 4.54. The Labute approximate surface area is 176 Å². The number of carbonyl (C=O) groups excluding carboxylic acids is 1. The standard InChI is InChI=1S/C21H18N4O4S/c1-12-3-5-14(6-4-12)27-10-20(26)23-19-7-13(2)24-25(19)21-22-15-8-16-17(29-11-28-16)9-18(15)30-21/h3-9H,10-11H2,1-2H3,(H,23,26). The molecule has 0 unspecified atom stereocenters. The number of nitrogens with zero attached hydrogens (tertiary/aromatic N) is 3. The zero-order chi connectivity index (χ0) is 20.7. The second-order valence-electron chi connectivity index (χ2n) is 6.90. The van der Waals surface area contributed by atoms with E-state index in [2.05, 4.69) is 15.4 Å². The van der Waals surface area contributed by atoms with E-state index in [0.29, 0.717) is 28.2 Å². The molecule has 0 spiro atoms. The molecule has 1 aliphatic rings. The highest BCUT2D eigenvalue weighted by Crippen LogP contribution is 2.38. The fraction of sp³-hybridized carbons (Fsp3) is 0.190. The van der Waals surface area contributed by atoms with Gasteiger partial charge in [0.05, 0.1) is 15.9 Å². The van der Waals surface area contributed by atoms with Gasteiger partial charge in [0.1, 0.15) is 11.6 Å². The zero-order valence-electron chi connectivity index (χ0n) is 16.3. The van der Waals surface area contributed by atoms with Gasteiger partial charge in [-0.05, 0) is 26.0 Å². The molecular weight excluding hydrogens is 404 g/mol. The van der Waals surface area contributed by atoms with E-state index < -0.39 is 0 Å². The molecule has 9 heteroatoms. The number of aryl methyl sites for hydroxylation is 2. The lowest BCUT2D eigenvalue weighted by atomic mass is 10.2. The summed E-state index contributed by atoms with van der Waals surface area (Å²) in [6.45, 7) is 3.97. The van der Waals surface area contributed by atoms with Crippen molar-refractivity contribution in [3.8, 4) is 22.4 Å². The molecule has 5 rings (SSSR count). The first-order chi connectivity index (χ1) is 14.5. The van der Waals surface area contributed by atoms with Crippen molar-refractivity contribution in [3.63, 3.8) is 0 Å². The molecule has 1 aliphatic heterocycles. The first-order valence-corrected chi connectivity index (χ1v) is 10.1. The van der Waals surface area contributed by atoms with Gasteiger partial charge in [-0.3, -0.25) is 4.79 Å². The molecule has 30 heavy (non-hydrogen) atoms. The van der Waals surface area contributed by atoms with Crippen LogP contribution in [0.1, 0.15) is 11.3 Å². The molecule has 0 saturated carbocycles. The number of hydrogen-bond donors (Lipinski definition) is 1. The van der Waals surface area contributed by atoms with Gasteiger partial charge < -0.3 is 19.5 Å². The van der Waals surface area contributed by atoms with Gasteiger partial charge in [-0.1, -0.05) is 29.0 Å². The Morgan fingerprint density at radius 2 is 1.93 bits per heavy atom. The van der Waals surface area contributed by atoms with Crippen molar-refractivity contribution in [2.75, 3.05) is 18.7 Å². The number of hydrogen-bond acceptors (Lipinski definition) is 7. The normalized spacial score (nSPS) is 12.3. The summed E-state index contributed by atoms with van der Waals surface area (Å²) in [4.78, 5) is 17.1. The minimum Gasteiger partial charge on any atom is -0.484 e. The number of anilines is 1. The fourth-order valence-corrected chi connectivity index (χ4v) is 4.03. The number of ether oxygens (including phenoxy) is 3. The van der Waals surface area contributed by atoms with Crippen LogP contribution >= 0.6 is 11.3 Å². The number of thiazole rings is 1. The third kappa shape index (κ3) is 3.55. The third-order valence-corrected chi connectivity index (χ3v) is 5.54. The van der Waals surface area contributed by atoms with Crippen LogP contribution in [0.5, 0.6) is 17.2 Å². The van der Waals surface area contributed by atoms with Gasteiger partial charge in [0.2, 0.25) is 11.9 Å². The Bertz CT molecular complexity index is 1210. The Hall–Kier alpha value is -3.59. The molecule has 0 atom stereocenters. The van der Waals surface area contributed by atoms with E-state index in [1.54, 1.807) is 10.7 Å². The van der Waals surface area contributed by atoms with Gasteiger partial charge in [0.25, 0.3) is 5.91 Å². The van der Waals surface area contributed by atoms with Crippen molar-refractivity contribution in [2.24, 2.45) is 0 Å². The van der Waals surface area contributed by atoms with Crippen LogP contribution in [0.15, 0.2) is 42.5 Å². The van der Waals surface area contributed by atoms with Crippen molar-refractivity contribution in [1.82, 2.24) is 14.8 Å². The van der Waals surface area contributed by atoms with Crippen LogP contribution in [0, 0.1) is 13.8 Å². The number of rotatable bonds is 5. The predicted octanol–water partition coefficient (Wildman–Crippen LogP) is 3.85. The zero-order valence-corrected chi connectivity index (χ0v) is 17.2. The van der Waals surface area contributed by atoms with Gasteiger partial charge in [-0.25, -0.2) is 4.98 Å². The molecule has 1 N–H and O–H groups in total. The van der Waals surface area contributed by atoms with Gasteiger partial charge >= 0.3 is 0 Å². The fourth-order valence-electron chi connectivity index (χ4n) is 3.09. The van der Waals surface area contributed by atoms with Crippen molar-refractivity contribution in [2.45, 2.75) is 13.8 Å². The minimum atomic E-state index is -0.279. The quantitative estimate of drug-likeness (QED) is 0.526. The summed E-state index contributed by atoms with van der Waals surface area (Å²) in [5.74, 6) is 2.28. The van der Waals surface area contributed by atoms with Gasteiger partial charge in [-0.2, -0.15) is 9.78 Å². The topological polar surface area (TPSA) is 87.5 Å². The number of nitrogens with one attached hydrogen (secondary N) is 1. The molecule has 3 heterocycles. The van der Waals surface area contributed by atoms with E-state index in [4.69, 9.17) is 14.2 Å². The maximum atomic E-state index is 12.4. The van der Waals surface area contributed by atoms with E-state index in [1.165, 1.54) is 11.3 Å². The van der Waals surface area contributed by atoms with E-state index in [-0.39, 0.29) is 19.3 Å². The predicted molar refractivity (Wildman–Crippen MR) is 113 cm³/mol. The summed E-state index contributed by atoms with van der Waals surface area (Å²) < 4.78 is 19.0. The highest BCUT2D eigenvalue weighted by Gasteiger charge is 2.19. The highest BCUT2D eigenvalue weighted by molar-refractivity contribution is 7.20. The monoisotopic (exact) mass is 422 g/mol. The highest BCUT2D eigenvalue weighted by atomic mass is 32.1. The van der Waals surface area contributed by atoms with Crippen LogP contribution in [0.2, 0.25) is 0 Å². The molecule has 4 aromatic rings. The summed E-state index contributed by atoms with van der Waals surface area (Å²) in [6.07, 6.45) is 0. The van der Waals surface area contributed by atoms with Crippen molar-refractivity contribution < 1.29 is 19.0 Å². The molecule has 2 aromatic heterocycles. The first kappa shape index (κ1) is 18.4. The Morgan fingerprint density at radius 1 is 1.17 bits per heavy atom. The Balaban J connectivity index is 1.35. The summed E-state index contributed by atoms with van der Waals surface area (Å²) in [7, 11) is 0. The Kier molecular flexibility index (Phi) is 4.51. The summed E-state index contributed by atoms with van der Waals surface area (Å²) in [5, 5.41) is 7.97. The summed E-state index contributed by atoms with van der Waals surface area (Å²) in [5.41, 5.74) is 2.68. The Morgan fingerprint density at radius 3 is 2.73 bits per heavy atom. The second-order valence-corrected chi connectivity index (χ2v) is 7.91. The number of carbonyl (C=O) groups is 1. The van der Waals surface area contributed by atoms with E-state index in [1.807, 2.05) is 50.2 Å². The molecule has 152 valence electrons. The summed E-state index contributed by atoms with van der Waals surface area (Å²) >= 11 is 1.45. The smallest absolute Gasteiger partial charge is 0.263 e. The lowest BCUT2D eigenvalue weighted by Crippen LogP contribution is -2.21. The van der Waals surface area contributed by atoms with Crippen molar-refractivity contribution in [1.29, 1.82) is 0 Å². The molecule has 0 saturated heterocycles. The number of benzene rings is 2. The average Bonchev–Trinajstić information content (AvgIpc) is 3.43. The van der Waals surface area contributed by atoms with Crippen molar-refractivity contribution in [3.05, 3.63) is 53.7 Å². The molecule has 0 fully saturated rings. The largest absolute Gasteiger partial charge is 0.484 e. The molecular formula is C21H18N4O4S. The number of aromatic nitrogens is 3. The summed E-state index contributed by atoms with van der Waals surface area (Å²) in [6, 6.07) is 13.1. The molecule has 1 amide bonds. The van der Waals surface area contributed by atoms with E-state index >= 15 is 0 Å². The average molecular weight is 422 g/mol. The van der Waals surface area contributed by atoms with Crippen LogP contribution in [0.3, 0.4) is 0 Å². The van der Waals surface area contributed by atoms with Crippen LogP contribution < -0.4 is 19.5 Å². The number of fused-ring (bicyclic) bond motifs is 2. The van der Waals surface area contributed by atoms with Crippen molar-refractivity contribution >= 4 is 33.3 Å². The van der Waals surface area contributed by atoms with Gasteiger partial charge in [-0.15, -0.1) is 0 Å². The molecule has 2 aromatic carbocycles. The molecule has 8 nitrogen and oxygen atoms in total. The number of amides is 1. The second kappa shape index (κ2) is 7.34. The lowest BCUT2D eigenvalue weighted by molar-refractivity contribution is -0.118. The minimum absolute atomic E-state index is 0.103. The molecule has 0 radical (unpaired) electrons. The maximum Gasteiger partial charge on any atom is 0.263 e. The van der Waals surface area contributed by atoms with E-state index in [0.717, 1.165) is 21.5 Å². The van der Waals surface area contributed by atoms with Gasteiger partial charge in [0, 0.05) is 18.2 Å². The SMILES string of the molecule is Cc1ccc(OCC(=O)Nc2cc(C)nn2-c2nc3cc4c(cc3s2)OCO4)cc1.